The topological polar surface area (TPSA) is 58.5 Å². The van der Waals surface area contributed by atoms with E-state index in [9.17, 15) is 5.11 Å². The second kappa shape index (κ2) is 5.15. The van der Waals surface area contributed by atoms with E-state index < -0.39 is 0 Å². The number of aryl methyl sites for hydroxylation is 1. The monoisotopic (exact) mass is 263 g/mol. The number of aliphatic hydroxyl groups excluding tert-OH is 1. The van der Waals surface area contributed by atoms with Gasteiger partial charge in [-0.1, -0.05) is 0 Å². The molecule has 0 aromatic carbocycles. The van der Waals surface area contributed by atoms with Crippen molar-refractivity contribution in [2.45, 2.75) is 44.4 Å². The normalized spacial score (nSPS) is 32.0. The molecule has 0 radical (unpaired) electrons. The summed E-state index contributed by atoms with van der Waals surface area (Å²) in [6.07, 6.45) is 4.39. The van der Waals surface area contributed by atoms with Gasteiger partial charge in [-0.15, -0.1) is 0 Å². The summed E-state index contributed by atoms with van der Waals surface area (Å²) in [7, 11) is 0. The lowest BCUT2D eigenvalue weighted by Crippen LogP contribution is -2.54. The average molecular weight is 263 g/mol. The molecule has 1 spiro atoms. The van der Waals surface area contributed by atoms with Crippen molar-refractivity contribution in [3.63, 3.8) is 0 Å². The zero-order chi connectivity index (χ0) is 13.3. The van der Waals surface area contributed by atoms with Crippen LogP contribution in [0.25, 0.3) is 0 Å². The highest BCUT2D eigenvalue weighted by Crippen LogP contribution is 2.36. The first-order chi connectivity index (χ1) is 9.18. The molecular formula is C14H21N3O2. The number of hydrogen-bond acceptors (Lipinski definition) is 5. The lowest BCUT2D eigenvalue weighted by atomic mass is 9.86. The largest absolute Gasteiger partial charge is 0.389 e. The van der Waals surface area contributed by atoms with Gasteiger partial charge in [0.2, 0.25) is 0 Å². The average Bonchev–Trinajstić information content (AvgIpc) is 2.84. The van der Waals surface area contributed by atoms with Gasteiger partial charge in [0.05, 0.1) is 17.4 Å². The van der Waals surface area contributed by atoms with Gasteiger partial charge >= 0.3 is 0 Å². The van der Waals surface area contributed by atoms with E-state index in [0.717, 1.165) is 50.5 Å². The quantitative estimate of drug-likeness (QED) is 0.859. The van der Waals surface area contributed by atoms with Gasteiger partial charge in [0, 0.05) is 32.4 Å². The molecule has 1 N–H and O–H groups in total. The Morgan fingerprint density at radius 2 is 2.42 bits per heavy atom. The molecule has 5 heteroatoms. The summed E-state index contributed by atoms with van der Waals surface area (Å²) in [4.78, 5) is 10.8. The Kier molecular flexibility index (Phi) is 3.52. The van der Waals surface area contributed by atoms with Crippen molar-refractivity contribution in [3.8, 4) is 0 Å². The van der Waals surface area contributed by atoms with Crippen molar-refractivity contribution in [1.29, 1.82) is 0 Å². The van der Waals surface area contributed by atoms with Crippen LogP contribution in [0, 0.1) is 6.92 Å². The Hall–Kier alpha value is -1.04. The van der Waals surface area contributed by atoms with Crippen LogP contribution in [0.3, 0.4) is 0 Å². The molecule has 2 aliphatic rings. The molecule has 2 fully saturated rings. The smallest absolute Gasteiger partial charge is 0.125 e. The minimum atomic E-state index is -0.383. The van der Waals surface area contributed by atoms with Crippen molar-refractivity contribution in [2.24, 2.45) is 0 Å². The molecule has 5 nitrogen and oxygen atoms in total. The molecule has 3 rings (SSSR count). The van der Waals surface area contributed by atoms with E-state index in [4.69, 9.17) is 4.74 Å². The molecule has 2 saturated heterocycles. The SMILES string of the molecule is Cc1nccc(CN2CC[C@@]3(CCCO3)[C@@H](O)C2)n1. The number of aromatic nitrogens is 2. The van der Waals surface area contributed by atoms with Gasteiger partial charge in [-0.2, -0.15) is 0 Å². The Bertz CT molecular complexity index is 446. The van der Waals surface area contributed by atoms with Crippen LogP contribution in [0.4, 0.5) is 0 Å². The third-order valence-corrected chi connectivity index (χ3v) is 4.24. The Labute approximate surface area is 113 Å². The summed E-state index contributed by atoms with van der Waals surface area (Å²) in [5, 5.41) is 10.4. The van der Waals surface area contributed by atoms with Crippen molar-refractivity contribution < 1.29 is 9.84 Å². The fourth-order valence-electron chi connectivity index (χ4n) is 3.16. The van der Waals surface area contributed by atoms with Gasteiger partial charge in [-0.05, 0) is 32.3 Å². The molecule has 2 aliphatic heterocycles. The van der Waals surface area contributed by atoms with E-state index in [2.05, 4.69) is 14.9 Å². The molecule has 0 amide bonds. The van der Waals surface area contributed by atoms with Crippen LogP contribution >= 0.6 is 0 Å². The van der Waals surface area contributed by atoms with E-state index in [0.29, 0.717) is 6.54 Å². The summed E-state index contributed by atoms with van der Waals surface area (Å²) in [6.45, 7) is 5.09. The van der Waals surface area contributed by atoms with Crippen LogP contribution < -0.4 is 0 Å². The first-order valence-electron chi connectivity index (χ1n) is 7.01. The fraction of sp³-hybridized carbons (Fsp3) is 0.714. The molecular weight excluding hydrogens is 242 g/mol. The number of rotatable bonds is 2. The van der Waals surface area contributed by atoms with Gasteiger partial charge in [0.1, 0.15) is 5.82 Å². The Balaban J connectivity index is 1.63. The zero-order valence-electron chi connectivity index (χ0n) is 11.4. The van der Waals surface area contributed by atoms with Crippen LogP contribution in [-0.4, -0.2) is 51.4 Å². The zero-order valence-corrected chi connectivity index (χ0v) is 11.4. The fourth-order valence-corrected chi connectivity index (χ4v) is 3.16. The van der Waals surface area contributed by atoms with Gasteiger partial charge in [-0.25, -0.2) is 9.97 Å². The number of likely N-dealkylation sites (tertiary alicyclic amines) is 1. The second-order valence-electron chi connectivity index (χ2n) is 5.61. The highest BCUT2D eigenvalue weighted by molar-refractivity contribution is 5.04. The lowest BCUT2D eigenvalue weighted by Gasteiger charge is -2.42. The van der Waals surface area contributed by atoms with E-state index in [1.165, 1.54) is 0 Å². The highest BCUT2D eigenvalue weighted by Gasteiger charge is 2.45. The number of β-amino-alcohol motifs (C(OH)–C–C–N with tert-alkyl or cyclic N) is 1. The third kappa shape index (κ3) is 2.63. The van der Waals surface area contributed by atoms with Gasteiger partial charge in [-0.3, -0.25) is 4.90 Å². The van der Waals surface area contributed by atoms with Gasteiger partial charge < -0.3 is 9.84 Å². The highest BCUT2D eigenvalue weighted by atomic mass is 16.5. The Morgan fingerprint density at radius 3 is 3.11 bits per heavy atom. The lowest BCUT2D eigenvalue weighted by molar-refractivity contribution is -0.130. The van der Waals surface area contributed by atoms with Crippen LogP contribution in [0.2, 0.25) is 0 Å². The summed E-state index contributed by atoms with van der Waals surface area (Å²) < 4.78 is 5.81. The predicted octanol–water partition coefficient (Wildman–Crippen LogP) is 0.901. The molecule has 19 heavy (non-hydrogen) atoms. The van der Waals surface area contributed by atoms with Crippen LogP contribution in [0.5, 0.6) is 0 Å². The van der Waals surface area contributed by atoms with E-state index in [1.807, 2.05) is 13.0 Å². The summed E-state index contributed by atoms with van der Waals surface area (Å²) >= 11 is 0. The van der Waals surface area contributed by atoms with E-state index >= 15 is 0 Å². The number of aliphatic hydroxyl groups is 1. The number of nitrogens with zero attached hydrogens (tertiary/aromatic N) is 3. The first kappa shape index (κ1) is 13.0. The number of piperidine rings is 1. The molecule has 1 aromatic heterocycles. The predicted molar refractivity (Wildman–Crippen MR) is 70.6 cm³/mol. The minimum absolute atomic E-state index is 0.266. The first-order valence-corrected chi connectivity index (χ1v) is 7.01. The summed E-state index contributed by atoms with van der Waals surface area (Å²) in [6, 6.07) is 1.94. The van der Waals surface area contributed by atoms with E-state index in [1.54, 1.807) is 6.20 Å². The number of ether oxygens (including phenoxy) is 1. The summed E-state index contributed by atoms with van der Waals surface area (Å²) in [5.74, 6) is 0.797. The minimum Gasteiger partial charge on any atom is -0.389 e. The van der Waals surface area contributed by atoms with Crippen LogP contribution in [0.15, 0.2) is 12.3 Å². The summed E-state index contributed by atoms with van der Waals surface area (Å²) in [5.41, 5.74) is 0.751. The standard InChI is InChI=1S/C14H21N3O2/c1-11-15-6-3-12(16-11)9-17-7-5-14(13(18)10-17)4-2-8-19-14/h3,6,13,18H,2,4-5,7-10H2,1H3/t13-,14-/m0/s1. The Morgan fingerprint density at radius 1 is 1.53 bits per heavy atom. The maximum atomic E-state index is 10.4. The number of hydrogen-bond donors (Lipinski definition) is 1. The molecule has 1 aromatic rings. The van der Waals surface area contributed by atoms with Crippen molar-refractivity contribution in [2.75, 3.05) is 19.7 Å². The third-order valence-electron chi connectivity index (χ3n) is 4.24. The second-order valence-corrected chi connectivity index (χ2v) is 5.61. The van der Waals surface area contributed by atoms with Crippen molar-refractivity contribution >= 4 is 0 Å². The molecule has 0 bridgehead atoms. The van der Waals surface area contributed by atoms with Crippen molar-refractivity contribution in [3.05, 3.63) is 23.8 Å². The maximum absolute atomic E-state index is 10.4. The van der Waals surface area contributed by atoms with Gasteiger partial charge in [0.15, 0.2) is 0 Å². The van der Waals surface area contributed by atoms with E-state index in [-0.39, 0.29) is 11.7 Å². The van der Waals surface area contributed by atoms with Crippen molar-refractivity contribution in [1.82, 2.24) is 14.9 Å². The molecule has 2 atom stereocenters. The van der Waals surface area contributed by atoms with Gasteiger partial charge in [0.25, 0.3) is 0 Å². The molecule has 0 saturated carbocycles. The molecule has 104 valence electrons. The molecule has 3 heterocycles. The van der Waals surface area contributed by atoms with Crippen LogP contribution in [-0.2, 0) is 11.3 Å². The van der Waals surface area contributed by atoms with Crippen LogP contribution in [0.1, 0.15) is 30.8 Å². The molecule has 0 aliphatic carbocycles. The maximum Gasteiger partial charge on any atom is 0.125 e. The molecule has 0 unspecified atom stereocenters.